The number of amides is 1. The third-order valence-electron chi connectivity index (χ3n) is 2.98. The molecule has 0 bridgehead atoms. The van der Waals surface area contributed by atoms with Crippen LogP contribution in [0.1, 0.15) is 22.9 Å². The summed E-state index contributed by atoms with van der Waals surface area (Å²) in [4.78, 5) is 23.3. The van der Waals surface area contributed by atoms with Crippen LogP contribution in [0.25, 0.3) is 0 Å². The molecule has 5 nitrogen and oxygen atoms in total. The first kappa shape index (κ1) is 15.2. The van der Waals surface area contributed by atoms with Gasteiger partial charge in [0.15, 0.2) is 0 Å². The van der Waals surface area contributed by atoms with Gasteiger partial charge in [0.1, 0.15) is 6.04 Å². The minimum atomic E-state index is -0.825. The Morgan fingerprint density at radius 2 is 1.95 bits per heavy atom. The van der Waals surface area contributed by atoms with Crippen LogP contribution < -0.4 is 11.1 Å². The predicted octanol–water partition coefficient (Wildman–Crippen LogP) is 2.40. The molecular formula is C15H16N2O3S. The Hall–Kier alpha value is -2.18. The van der Waals surface area contributed by atoms with Crippen LogP contribution >= 0.6 is 11.3 Å². The van der Waals surface area contributed by atoms with Crippen LogP contribution in [0.2, 0.25) is 0 Å². The fourth-order valence-electron chi connectivity index (χ4n) is 1.82. The molecule has 0 fully saturated rings. The fourth-order valence-corrected chi connectivity index (χ4v) is 2.55. The number of anilines is 1. The van der Waals surface area contributed by atoms with Gasteiger partial charge in [-0.2, -0.15) is 0 Å². The normalized spacial score (nSPS) is 11.9. The zero-order valence-electron chi connectivity index (χ0n) is 11.3. The molecule has 21 heavy (non-hydrogen) atoms. The molecule has 2 aromatic rings. The Bertz CT molecular complexity index is 608. The van der Waals surface area contributed by atoms with Gasteiger partial charge in [0.2, 0.25) is 5.91 Å². The molecule has 1 atom stereocenters. The van der Waals surface area contributed by atoms with E-state index in [0.717, 1.165) is 10.4 Å². The van der Waals surface area contributed by atoms with E-state index in [2.05, 4.69) is 5.32 Å². The number of hydrogen-bond acceptors (Lipinski definition) is 4. The Kier molecular flexibility index (Phi) is 5.08. The van der Waals surface area contributed by atoms with Crippen molar-refractivity contribution >= 4 is 28.9 Å². The number of benzene rings is 1. The SMILES string of the molecule is NC(C(=O)Nc1ccc(CCC(=O)O)cc1)c1cccs1. The topological polar surface area (TPSA) is 92.4 Å². The summed E-state index contributed by atoms with van der Waals surface area (Å²) in [6, 6.07) is 10.1. The van der Waals surface area contributed by atoms with E-state index < -0.39 is 12.0 Å². The van der Waals surface area contributed by atoms with Crippen molar-refractivity contribution in [2.75, 3.05) is 5.32 Å². The standard InChI is InChI=1S/C15H16N2O3S/c16-14(12-2-1-9-21-12)15(20)17-11-6-3-10(4-7-11)5-8-13(18)19/h1-4,6-7,9,14H,5,8,16H2,(H,17,20)(H,18,19). The number of thiophene rings is 1. The molecule has 1 amide bonds. The van der Waals surface area contributed by atoms with Crippen molar-refractivity contribution in [1.82, 2.24) is 0 Å². The van der Waals surface area contributed by atoms with Crippen LogP contribution in [0.3, 0.4) is 0 Å². The Morgan fingerprint density at radius 1 is 1.24 bits per heavy atom. The highest BCUT2D eigenvalue weighted by Crippen LogP contribution is 2.19. The number of aryl methyl sites for hydroxylation is 1. The van der Waals surface area contributed by atoms with Gasteiger partial charge in [-0.05, 0) is 35.6 Å². The van der Waals surface area contributed by atoms with E-state index in [-0.39, 0.29) is 12.3 Å². The molecule has 6 heteroatoms. The summed E-state index contributed by atoms with van der Waals surface area (Å²) in [6.07, 6.45) is 0.563. The first-order chi connectivity index (χ1) is 10.1. The number of nitrogens with two attached hydrogens (primary N) is 1. The summed E-state index contributed by atoms with van der Waals surface area (Å²) >= 11 is 1.44. The molecular weight excluding hydrogens is 288 g/mol. The molecule has 0 aliphatic carbocycles. The fraction of sp³-hybridized carbons (Fsp3) is 0.200. The minimum Gasteiger partial charge on any atom is -0.481 e. The molecule has 0 saturated carbocycles. The van der Waals surface area contributed by atoms with Crippen molar-refractivity contribution in [3.05, 3.63) is 52.2 Å². The van der Waals surface area contributed by atoms with Gasteiger partial charge < -0.3 is 16.2 Å². The molecule has 0 aliphatic heterocycles. The molecule has 1 aromatic carbocycles. The van der Waals surface area contributed by atoms with E-state index in [0.29, 0.717) is 12.1 Å². The van der Waals surface area contributed by atoms with Crippen molar-refractivity contribution in [1.29, 1.82) is 0 Å². The molecule has 1 aromatic heterocycles. The maximum Gasteiger partial charge on any atom is 0.303 e. The van der Waals surface area contributed by atoms with Gasteiger partial charge in [0, 0.05) is 17.0 Å². The van der Waals surface area contributed by atoms with Gasteiger partial charge in [-0.15, -0.1) is 11.3 Å². The van der Waals surface area contributed by atoms with Gasteiger partial charge >= 0.3 is 5.97 Å². The van der Waals surface area contributed by atoms with E-state index in [4.69, 9.17) is 10.8 Å². The van der Waals surface area contributed by atoms with Crippen LogP contribution in [-0.4, -0.2) is 17.0 Å². The summed E-state index contributed by atoms with van der Waals surface area (Å²) in [5.41, 5.74) is 7.43. The number of hydrogen-bond donors (Lipinski definition) is 3. The van der Waals surface area contributed by atoms with Crippen molar-refractivity contribution < 1.29 is 14.7 Å². The number of rotatable bonds is 6. The molecule has 110 valence electrons. The van der Waals surface area contributed by atoms with Crippen molar-refractivity contribution in [2.24, 2.45) is 5.73 Å². The number of carbonyl (C=O) groups excluding carboxylic acids is 1. The predicted molar refractivity (Wildman–Crippen MR) is 82.3 cm³/mol. The van der Waals surface area contributed by atoms with Crippen LogP contribution in [0.5, 0.6) is 0 Å². The van der Waals surface area contributed by atoms with Crippen LogP contribution in [0.4, 0.5) is 5.69 Å². The lowest BCUT2D eigenvalue weighted by molar-refractivity contribution is -0.137. The van der Waals surface area contributed by atoms with E-state index in [1.54, 1.807) is 24.3 Å². The van der Waals surface area contributed by atoms with Gasteiger partial charge in [0.25, 0.3) is 0 Å². The smallest absolute Gasteiger partial charge is 0.303 e. The minimum absolute atomic E-state index is 0.0922. The van der Waals surface area contributed by atoms with Crippen molar-refractivity contribution in [3.63, 3.8) is 0 Å². The lowest BCUT2D eigenvalue weighted by atomic mass is 10.1. The lowest BCUT2D eigenvalue weighted by Gasteiger charge is -2.11. The molecule has 1 heterocycles. The second-order valence-electron chi connectivity index (χ2n) is 4.57. The van der Waals surface area contributed by atoms with Gasteiger partial charge in [-0.1, -0.05) is 18.2 Å². The first-order valence-electron chi connectivity index (χ1n) is 6.47. The molecule has 2 rings (SSSR count). The first-order valence-corrected chi connectivity index (χ1v) is 7.35. The number of carboxylic acid groups (broad SMARTS) is 1. The number of carboxylic acids is 1. The zero-order chi connectivity index (χ0) is 15.2. The summed E-state index contributed by atoms with van der Waals surface area (Å²) < 4.78 is 0. The van der Waals surface area contributed by atoms with Crippen molar-refractivity contribution in [2.45, 2.75) is 18.9 Å². The third-order valence-corrected chi connectivity index (χ3v) is 3.94. The van der Waals surface area contributed by atoms with Gasteiger partial charge in [-0.25, -0.2) is 0 Å². The second kappa shape index (κ2) is 7.01. The second-order valence-corrected chi connectivity index (χ2v) is 5.55. The third kappa shape index (κ3) is 4.40. The van der Waals surface area contributed by atoms with E-state index in [1.807, 2.05) is 17.5 Å². The van der Waals surface area contributed by atoms with E-state index in [1.165, 1.54) is 11.3 Å². The van der Waals surface area contributed by atoms with Crippen LogP contribution in [0.15, 0.2) is 41.8 Å². The van der Waals surface area contributed by atoms with Crippen molar-refractivity contribution in [3.8, 4) is 0 Å². The van der Waals surface area contributed by atoms with E-state index in [9.17, 15) is 9.59 Å². The Labute approximate surface area is 126 Å². The van der Waals surface area contributed by atoms with E-state index >= 15 is 0 Å². The zero-order valence-corrected chi connectivity index (χ0v) is 12.1. The van der Waals surface area contributed by atoms with Crippen LogP contribution in [-0.2, 0) is 16.0 Å². The monoisotopic (exact) mass is 304 g/mol. The maximum absolute atomic E-state index is 12.0. The van der Waals surface area contributed by atoms with Gasteiger partial charge in [-0.3, -0.25) is 9.59 Å². The molecule has 0 saturated heterocycles. The number of carbonyl (C=O) groups is 2. The molecule has 1 unspecified atom stereocenters. The summed E-state index contributed by atoms with van der Waals surface area (Å²) in [6.45, 7) is 0. The quantitative estimate of drug-likeness (QED) is 0.764. The summed E-state index contributed by atoms with van der Waals surface area (Å²) in [5.74, 6) is -1.09. The average Bonchev–Trinajstić information content (AvgIpc) is 2.99. The molecule has 0 spiro atoms. The highest BCUT2D eigenvalue weighted by atomic mass is 32.1. The maximum atomic E-state index is 12.0. The summed E-state index contributed by atoms with van der Waals surface area (Å²) in [5, 5.41) is 13.3. The average molecular weight is 304 g/mol. The highest BCUT2D eigenvalue weighted by Gasteiger charge is 2.16. The Balaban J connectivity index is 1.93. The van der Waals surface area contributed by atoms with Gasteiger partial charge in [0.05, 0.1) is 0 Å². The summed E-state index contributed by atoms with van der Waals surface area (Å²) in [7, 11) is 0. The Morgan fingerprint density at radius 3 is 2.52 bits per heavy atom. The number of aliphatic carboxylic acids is 1. The molecule has 4 N–H and O–H groups in total. The van der Waals surface area contributed by atoms with Crippen LogP contribution in [0, 0.1) is 0 Å². The lowest BCUT2D eigenvalue weighted by Crippen LogP contribution is -2.26. The number of nitrogens with one attached hydrogen (secondary N) is 1. The largest absolute Gasteiger partial charge is 0.481 e. The highest BCUT2D eigenvalue weighted by molar-refractivity contribution is 7.10. The molecule has 0 aliphatic rings. The molecule has 0 radical (unpaired) electrons.